The summed E-state index contributed by atoms with van der Waals surface area (Å²) in [7, 11) is 0. The van der Waals surface area contributed by atoms with E-state index in [-0.39, 0.29) is 11.9 Å². The summed E-state index contributed by atoms with van der Waals surface area (Å²) in [5.41, 5.74) is 1.99. The number of ether oxygens (including phenoxy) is 1. The molecule has 104 valence electrons. The monoisotopic (exact) mass is 271 g/mol. The minimum Gasteiger partial charge on any atom is -0.466 e. The van der Waals surface area contributed by atoms with Crippen LogP contribution in [0.15, 0.2) is 36.5 Å². The number of esters is 1. The van der Waals surface area contributed by atoms with Crippen LogP contribution in [0.1, 0.15) is 6.92 Å². The zero-order valence-corrected chi connectivity index (χ0v) is 11.4. The Kier molecular flexibility index (Phi) is 3.41. The fraction of sp³-hybridized carbons (Fsp3) is 0.333. The molecule has 1 N–H and O–H groups in total. The van der Waals surface area contributed by atoms with E-state index in [9.17, 15) is 4.79 Å². The first-order chi connectivity index (χ1) is 9.78. The van der Waals surface area contributed by atoms with Gasteiger partial charge in [0, 0.05) is 24.8 Å². The minimum atomic E-state index is -0.153. The van der Waals surface area contributed by atoms with Crippen molar-refractivity contribution in [2.75, 3.05) is 18.5 Å². The van der Waals surface area contributed by atoms with Crippen LogP contribution in [0, 0.1) is 5.92 Å². The molecule has 1 aromatic carbocycles. The maximum absolute atomic E-state index is 11.8. The third-order valence-corrected chi connectivity index (χ3v) is 3.39. The van der Waals surface area contributed by atoms with Gasteiger partial charge in [-0.15, -0.1) is 0 Å². The molecule has 1 aliphatic heterocycles. The molecule has 1 aliphatic rings. The van der Waals surface area contributed by atoms with Gasteiger partial charge in [0.25, 0.3) is 0 Å². The van der Waals surface area contributed by atoms with Crippen LogP contribution in [0.2, 0.25) is 0 Å². The molecule has 5 heteroatoms. The zero-order chi connectivity index (χ0) is 13.9. The number of rotatable bonds is 3. The van der Waals surface area contributed by atoms with Crippen molar-refractivity contribution in [2.24, 2.45) is 5.92 Å². The summed E-state index contributed by atoms with van der Waals surface area (Å²) >= 11 is 0. The van der Waals surface area contributed by atoms with Gasteiger partial charge in [0.15, 0.2) is 0 Å². The lowest BCUT2D eigenvalue weighted by atomic mass is 10.1. The van der Waals surface area contributed by atoms with Crippen LogP contribution in [0.4, 0.5) is 5.95 Å². The van der Waals surface area contributed by atoms with Gasteiger partial charge in [0.2, 0.25) is 5.95 Å². The van der Waals surface area contributed by atoms with Crippen LogP contribution >= 0.6 is 0 Å². The molecule has 0 bridgehead atoms. The normalized spacial score (nSPS) is 17.1. The number of imidazole rings is 1. The molecular formula is C15H17N3O2. The Hall–Kier alpha value is -2.30. The predicted molar refractivity (Wildman–Crippen MR) is 76.3 cm³/mol. The number of hydrogen-bond donors (Lipinski definition) is 1. The van der Waals surface area contributed by atoms with E-state index in [2.05, 4.69) is 10.3 Å². The Bertz CT molecular complexity index is 607. The van der Waals surface area contributed by atoms with Crippen molar-refractivity contribution < 1.29 is 9.53 Å². The van der Waals surface area contributed by atoms with Gasteiger partial charge >= 0.3 is 5.97 Å². The molecule has 1 aromatic heterocycles. The number of carbonyl (C=O) groups excluding carboxylic acids is 1. The molecule has 2 aromatic rings. The largest absolute Gasteiger partial charge is 0.466 e. The predicted octanol–water partition coefficient (Wildman–Crippen LogP) is 2.15. The van der Waals surface area contributed by atoms with E-state index in [0.717, 1.165) is 17.2 Å². The molecule has 1 atom stereocenters. The topological polar surface area (TPSA) is 56.1 Å². The van der Waals surface area contributed by atoms with E-state index >= 15 is 0 Å². The van der Waals surface area contributed by atoms with Crippen molar-refractivity contribution in [2.45, 2.75) is 13.5 Å². The highest BCUT2D eigenvalue weighted by molar-refractivity contribution is 5.74. The third kappa shape index (κ3) is 2.39. The number of aromatic nitrogens is 2. The SMILES string of the molecule is CCOC(=O)C1CNc2nc(-c3ccccc3)cn2C1. The fourth-order valence-corrected chi connectivity index (χ4v) is 2.38. The molecule has 0 saturated heterocycles. The van der Waals surface area contributed by atoms with E-state index in [1.807, 2.05) is 48.0 Å². The average Bonchev–Trinajstić information content (AvgIpc) is 2.91. The second kappa shape index (κ2) is 5.36. The number of anilines is 1. The number of benzene rings is 1. The van der Waals surface area contributed by atoms with Crippen LogP contribution in [0.3, 0.4) is 0 Å². The molecule has 5 nitrogen and oxygen atoms in total. The zero-order valence-electron chi connectivity index (χ0n) is 11.4. The second-order valence-corrected chi connectivity index (χ2v) is 4.80. The van der Waals surface area contributed by atoms with E-state index in [4.69, 9.17) is 4.74 Å². The van der Waals surface area contributed by atoms with Gasteiger partial charge in [-0.2, -0.15) is 0 Å². The van der Waals surface area contributed by atoms with E-state index in [1.54, 1.807) is 0 Å². The summed E-state index contributed by atoms with van der Waals surface area (Å²) in [6.07, 6.45) is 1.98. The Morgan fingerprint density at radius 1 is 1.45 bits per heavy atom. The summed E-state index contributed by atoms with van der Waals surface area (Å²) in [4.78, 5) is 16.3. The number of hydrogen-bond acceptors (Lipinski definition) is 4. The van der Waals surface area contributed by atoms with E-state index in [0.29, 0.717) is 19.7 Å². The lowest BCUT2D eigenvalue weighted by Crippen LogP contribution is -2.34. The van der Waals surface area contributed by atoms with Crippen LogP contribution in [0.5, 0.6) is 0 Å². The van der Waals surface area contributed by atoms with Crippen molar-refractivity contribution in [3.05, 3.63) is 36.5 Å². The van der Waals surface area contributed by atoms with Gasteiger partial charge in [-0.1, -0.05) is 30.3 Å². The molecule has 2 heterocycles. The standard InChI is InChI=1S/C15H17N3O2/c1-2-20-14(19)12-8-16-15-17-13(10-18(15)9-12)11-6-4-3-5-7-11/h3-7,10,12H,2,8-9H2,1H3,(H,16,17). The van der Waals surface area contributed by atoms with E-state index in [1.165, 1.54) is 0 Å². The quantitative estimate of drug-likeness (QED) is 0.869. The third-order valence-electron chi connectivity index (χ3n) is 3.39. The van der Waals surface area contributed by atoms with Gasteiger partial charge in [-0.05, 0) is 6.92 Å². The first-order valence-corrected chi connectivity index (χ1v) is 6.81. The first-order valence-electron chi connectivity index (χ1n) is 6.81. The van der Waals surface area contributed by atoms with Crippen molar-refractivity contribution in [1.82, 2.24) is 9.55 Å². The average molecular weight is 271 g/mol. The van der Waals surface area contributed by atoms with Crippen LogP contribution < -0.4 is 5.32 Å². The Morgan fingerprint density at radius 2 is 2.25 bits per heavy atom. The summed E-state index contributed by atoms with van der Waals surface area (Å²) in [5.74, 6) is 0.505. The molecule has 0 saturated carbocycles. The Morgan fingerprint density at radius 3 is 3.00 bits per heavy atom. The maximum Gasteiger partial charge on any atom is 0.312 e. The summed E-state index contributed by atoms with van der Waals surface area (Å²) in [6, 6.07) is 10.0. The summed E-state index contributed by atoms with van der Waals surface area (Å²) in [6.45, 7) is 3.43. The molecule has 20 heavy (non-hydrogen) atoms. The van der Waals surface area contributed by atoms with Gasteiger partial charge in [-0.3, -0.25) is 4.79 Å². The molecule has 3 rings (SSSR count). The highest BCUT2D eigenvalue weighted by Gasteiger charge is 2.26. The van der Waals surface area contributed by atoms with E-state index < -0.39 is 0 Å². The number of carbonyl (C=O) groups is 1. The molecule has 0 amide bonds. The smallest absolute Gasteiger partial charge is 0.312 e. The van der Waals surface area contributed by atoms with Crippen molar-refractivity contribution in [3.8, 4) is 11.3 Å². The van der Waals surface area contributed by atoms with Gasteiger partial charge in [0.05, 0.1) is 18.2 Å². The molecule has 0 aliphatic carbocycles. The first kappa shape index (κ1) is 12.7. The molecule has 1 unspecified atom stereocenters. The van der Waals surface area contributed by atoms with Crippen molar-refractivity contribution >= 4 is 11.9 Å². The minimum absolute atomic E-state index is 0.152. The second-order valence-electron chi connectivity index (χ2n) is 4.80. The van der Waals surface area contributed by atoms with Gasteiger partial charge in [-0.25, -0.2) is 4.98 Å². The fourth-order valence-electron chi connectivity index (χ4n) is 2.38. The summed E-state index contributed by atoms with van der Waals surface area (Å²) in [5, 5.41) is 3.19. The Balaban J connectivity index is 1.81. The van der Waals surface area contributed by atoms with Crippen LogP contribution in [-0.4, -0.2) is 28.7 Å². The van der Waals surface area contributed by atoms with Crippen LogP contribution in [0.25, 0.3) is 11.3 Å². The lowest BCUT2D eigenvalue weighted by Gasteiger charge is -2.23. The molecule has 0 radical (unpaired) electrons. The molecular weight excluding hydrogens is 254 g/mol. The molecule has 0 fully saturated rings. The number of nitrogens with one attached hydrogen (secondary N) is 1. The highest BCUT2D eigenvalue weighted by Crippen LogP contribution is 2.24. The highest BCUT2D eigenvalue weighted by atomic mass is 16.5. The van der Waals surface area contributed by atoms with Crippen molar-refractivity contribution in [1.29, 1.82) is 0 Å². The maximum atomic E-state index is 11.8. The molecule has 0 spiro atoms. The Labute approximate surface area is 117 Å². The van der Waals surface area contributed by atoms with Gasteiger partial charge < -0.3 is 14.6 Å². The lowest BCUT2D eigenvalue weighted by molar-refractivity contribution is -0.148. The van der Waals surface area contributed by atoms with Gasteiger partial charge in [0.1, 0.15) is 0 Å². The van der Waals surface area contributed by atoms with Crippen LogP contribution in [-0.2, 0) is 16.1 Å². The summed E-state index contributed by atoms with van der Waals surface area (Å²) < 4.78 is 7.05. The van der Waals surface area contributed by atoms with Crippen molar-refractivity contribution in [3.63, 3.8) is 0 Å². The number of nitrogens with zero attached hydrogens (tertiary/aromatic N) is 2. The number of fused-ring (bicyclic) bond motifs is 1.